The Morgan fingerprint density at radius 3 is 1.04 bits per heavy atom. The standard InChI is InChI=1S/C42H59N3O7.C33H44N2O6.C10H18O2.C9H17NO2.CH2O2.3CH4.H2S/c1-29(2)22-36(43-40(49)33(17-16-31-12-8-6-9-13-31)25-35(46)27-45-18-20-51-21-19-45)38(47)26-34(24-32-14-10-7-11-15-32)41(50)44-37(23-30(3)4)39(48)42(5)28-52-42;1-24(2)19-30(31(37)22-28(33(39)40)20-26-11-7-4-8-12-26)34-32(38)27(14-13-25-9-5-3-6-10-25)21-29(36)23-35-15-17-41-18-16-35;1-7(2)5-8(3)9(11)10(4)6-12-10;1-6(2)4-7(10)8(11)9(3)5-12-9;2-1-3;;;;/h6-15,29-30,33-34,36-37H,16-28H2,1-5H3,(H,43,49)(H,44,50);3-12,24,27-28,30H,13-23H2,1-2H3,(H,34,38)(H,39,40);7-8H,5-6H2,1-4H3;6-7H,4-5,10H2,1-3H3;1H,(H,2,3);3*1H4;1H2/t33-,34-,36+,37+,42-;27-,28-,30+;8-,10+;7-,9+;;;;;/m1100...../s1. The van der Waals surface area contributed by atoms with Crippen LogP contribution < -0.4 is 21.7 Å². The number of nitrogens with one attached hydrogen (secondary N) is 3. The first-order chi connectivity index (χ1) is 56.9. The Hall–Kier alpha value is -8.05. The molecule has 4 aromatic carbocycles. The van der Waals surface area contributed by atoms with E-state index in [-0.39, 0.29) is 175 Å². The number of carboxylic acids is 1. The van der Waals surface area contributed by atoms with Crippen LogP contribution in [0.3, 0.4) is 0 Å². The van der Waals surface area contributed by atoms with E-state index in [0.717, 1.165) is 35.1 Å². The second-order valence-electron chi connectivity index (χ2n) is 35.8. The molecule has 5 fully saturated rings. The fourth-order valence-corrected chi connectivity index (χ4v) is 14.9. The number of nitrogens with zero attached hydrogens (tertiary/aromatic N) is 2. The van der Waals surface area contributed by atoms with Gasteiger partial charge < -0.3 is 55.6 Å². The predicted molar refractivity (Wildman–Crippen MR) is 492 cm³/mol. The summed E-state index contributed by atoms with van der Waals surface area (Å²) >= 11 is 0. The highest BCUT2D eigenvalue weighted by Gasteiger charge is 2.51. The number of ether oxygens (including phenoxy) is 5. The summed E-state index contributed by atoms with van der Waals surface area (Å²) in [5.74, 6) is -3.79. The first-order valence-corrected chi connectivity index (χ1v) is 43.2. The van der Waals surface area contributed by atoms with E-state index in [4.69, 9.17) is 39.3 Å². The summed E-state index contributed by atoms with van der Waals surface area (Å²) in [5.41, 5.74) is 7.73. The highest BCUT2D eigenvalue weighted by molar-refractivity contribution is 7.59. The van der Waals surface area contributed by atoms with Gasteiger partial charge in [-0.25, -0.2) is 0 Å². The number of hydrogen-bond acceptors (Lipinski definition) is 20. The number of nitrogens with two attached hydrogens (primary N) is 1. The molecule has 0 radical (unpaired) electrons. The van der Waals surface area contributed by atoms with Gasteiger partial charge in [-0.05, 0) is 143 Å². The molecule has 124 heavy (non-hydrogen) atoms. The van der Waals surface area contributed by atoms with E-state index in [1.54, 1.807) is 13.8 Å². The Balaban J connectivity index is 0.000000938. The lowest BCUT2D eigenvalue weighted by molar-refractivity contribution is -0.144. The van der Waals surface area contributed by atoms with Gasteiger partial charge in [-0.15, -0.1) is 0 Å². The van der Waals surface area contributed by atoms with Crippen LogP contribution in [0.4, 0.5) is 0 Å². The number of aliphatic carboxylic acids is 1. The van der Waals surface area contributed by atoms with E-state index in [2.05, 4.69) is 48.5 Å². The maximum atomic E-state index is 14.2. The topological polar surface area (TPSA) is 370 Å². The first-order valence-electron chi connectivity index (χ1n) is 43.2. The number of epoxide rings is 3. The predicted octanol–water partition coefficient (Wildman–Crippen LogP) is 13.2. The van der Waals surface area contributed by atoms with Gasteiger partial charge in [0.05, 0.1) is 89.4 Å². The van der Waals surface area contributed by atoms with E-state index in [1.165, 1.54) is 0 Å². The van der Waals surface area contributed by atoms with Gasteiger partial charge in [-0.2, -0.15) is 13.5 Å². The lowest BCUT2D eigenvalue weighted by Gasteiger charge is -2.28. The quantitative estimate of drug-likeness (QED) is 0.0177. The van der Waals surface area contributed by atoms with Crippen LogP contribution in [0.5, 0.6) is 0 Å². The average Bonchev–Trinajstić information content (AvgIpc) is 1.65. The number of carbonyl (C=O) groups excluding carboxylic acids is 10. The van der Waals surface area contributed by atoms with E-state index >= 15 is 0 Å². The fourth-order valence-electron chi connectivity index (χ4n) is 14.9. The van der Waals surface area contributed by atoms with Gasteiger partial charge in [0.2, 0.25) is 17.7 Å². The summed E-state index contributed by atoms with van der Waals surface area (Å²) in [5, 5.41) is 25.7. The van der Waals surface area contributed by atoms with Crippen LogP contribution in [0.25, 0.3) is 0 Å². The minimum Gasteiger partial charge on any atom is -0.483 e. The van der Waals surface area contributed by atoms with E-state index in [1.807, 2.05) is 182 Å². The second kappa shape index (κ2) is 58.3. The SMILES string of the molecule is C.C.C.CC(C)C[C@H](C)C(=O)[C@@]1(C)CO1.CC(C)C[C@H](N)C(=O)[C@@]1(C)CO1.CC(C)C[C@H](NC(=O)[C@H](CCc1ccccc1)CC(=O)CN1CCOCC1)C(=O)C[C@@H](Cc1ccccc1)C(=O)N[C@@H](CC(C)C)C(=O)[C@@]1(C)CO1.CC(C)C[C@H](NC(=O)[C@H](CCc1ccccc1)CC(=O)CN1CCOCC1)C(=O)C[C@@H](Cc1ccccc1)C(=O)O.O=CO.S. The second-order valence-corrected chi connectivity index (χ2v) is 35.8. The maximum Gasteiger partial charge on any atom is 0.307 e. The van der Waals surface area contributed by atoms with Crippen LogP contribution in [0, 0.1) is 59.2 Å². The molecule has 5 aliphatic rings. The summed E-state index contributed by atoms with van der Waals surface area (Å²) in [6.07, 6.45) is 5.55. The summed E-state index contributed by atoms with van der Waals surface area (Å²) in [6, 6.07) is 35.7. The molecule has 0 spiro atoms. The van der Waals surface area contributed by atoms with Crippen molar-refractivity contribution in [2.24, 2.45) is 64.9 Å². The molecule has 0 aliphatic carbocycles. The van der Waals surface area contributed by atoms with Crippen molar-refractivity contribution in [2.75, 3.05) is 85.5 Å². The number of carboxylic acid groups (broad SMARTS) is 2. The van der Waals surface area contributed by atoms with Crippen molar-refractivity contribution in [1.29, 1.82) is 0 Å². The van der Waals surface area contributed by atoms with Crippen molar-refractivity contribution < 1.29 is 91.4 Å². The van der Waals surface area contributed by atoms with Gasteiger partial charge in [0.15, 0.2) is 28.9 Å². The van der Waals surface area contributed by atoms with E-state index < -0.39 is 64.6 Å². The fraction of sp³-hybridized carbons (Fsp3) is 0.633. The molecule has 7 N–H and O–H groups in total. The number of morpholine rings is 2. The Bertz CT molecular complexity index is 3780. The third kappa shape index (κ3) is 43.4. The molecule has 26 heteroatoms. The van der Waals surface area contributed by atoms with Crippen LogP contribution in [-0.2, 0) is 107 Å². The Labute approximate surface area is 747 Å². The molecule has 5 heterocycles. The van der Waals surface area contributed by atoms with Crippen molar-refractivity contribution in [2.45, 2.75) is 256 Å². The highest BCUT2D eigenvalue weighted by Crippen LogP contribution is 2.34. The number of Topliss-reactive ketones (excluding diaryl/α,β-unsaturated/α-hetero) is 7. The van der Waals surface area contributed by atoms with Crippen LogP contribution >= 0.6 is 13.5 Å². The molecule has 5 aliphatic heterocycles. The number of ketones is 7. The zero-order chi connectivity index (χ0) is 88.7. The van der Waals surface area contributed by atoms with Crippen LogP contribution in [0.2, 0.25) is 0 Å². The third-order valence-electron chi connectivity index (χ3n) is 22.0. The minimum absolute atomic E-state index is 0. The molecule has 9 rings (SSSR count). The number of amides is 3. The molecule has 4 aromatic rings. The Morgan fingerprint density at radius 2 is 0.710 bits per heavy atom. The zero-order valence-electron chi connectivity index (χ0n) is 74.3. The van der Waals surface area contributed by atoms with Gasteiger partial charge in [0, 0.05) is 75.5 Å². The summed E-state index contributed by atoms with van der Waals surface area (Å²) < 4.78 is 26.4. The van der Waals surface area contributed by atoms with Crippen molar-refractivity contribution >= 4 is 84.1 Å². The van der Waals surface area contributed by atoms with Crippen LogP contribution in [0.15, 0.2) is 121 Å². The van der Waals surface area contributed by atoms with Crippen molar-refractivity contribution in [1.82, 2.24) is 25.8 Å². The number of aryl methyl sites for hydroxylation is 2. The van der Waals surface area contributed by atoms with Crippen molar-refractivity contribution in [3.05, 3.63) is 144 Å². The normalized spacial score (nSPS) is 19.6. The largest absolute Gasteiger partial charge is 0.483 e. The average molecular weight is 1750 g/mol. The Kier molecular flexibility index (Phi) is 53.6. The van der Waals surface area contributed by atoms with Gasteiger partial charge in [-0.1, -0.05) is 220 Å². The van der Waals surface area contributed by atoms with Gasteiger partial charge in [0.25, 0.3) is 6.47 Å². The minimum atomic E-state index is -1.04. The molecule has 25 nitrogen and oxygen atoms in total. The number of carbonyl (C=O) groups is 12. The molecule has 0 bridgehead atoms. The van der Waals surface area contributed by atoms with E-state index in [9.17, 15) is 57.8 Å². The number of benzene rings is 4. The highest BCUT2D eigenvalue weighted by atomic mass is 32.1. The molecule has 0 aromatic heterocycles. The van der Waals surface area contributed by atoms with Crippen LogP contribution in [-0.4, -0.2) is 217 Å². The molecular weight excluding hydrogens is 1600 g/mol. The third-order valence-corrected chi connectivity index (χ3v) is 22.0. The monoisotopic (exact) mass is 1750 g/mol. The van der Waals surface area contributed by atoms with Gasteiger partial charge in [-0.3, -0.25) is 67.3 Å². The smallest absolute Gasteiger partial charge is 0.307 e. The number of hydrogen-bond donors (Lipinski definition) is 6. The Morgan fingerprint density at radius 1 is 0.419 bits per heavy atom. The summed E-state index contributed by atoms with van der Waals surface area (Å²) in [6.45, 7) is 34.5. The van der Waals surface area contributed by atoms with Crippen molar-refractivity contribution in [3.63, 3.8) is 0 Å². The van der Waals surface area contributed by atoms with E-state index in [0.29, 0.717) is 136 Å². The first kappa shape index (κ1) is 114. The number of rotatable bonds is 47. The lowest BCUT2D eigenvalue weighted by Crippen LogP contribution is -2.50. The van der Waals surface area contributed by atoms with Crippen LogP contribution in [0.1, 0.15) is 212 Å². The summed E-state index contributed by atoms with van der Waals surface area (Å²) in [7, 11) is 0. The maximum absolute atomic E-state index is 14.2. The lowest BCUT2D eigenvalue weighted by atomic mass is 9.87. The zero-order valence-corrected chi connectivity index (χ0v) is 75.3. The van der Waals surface area contributed by atoms with Gasteiger partial charge in [0.1, 0.15) is 28.4 Å². The molecule has 0 unspecified atom stereocenters. The molecule has 696 valence electrons. The molecular formula is C98H154N6O19S. The van der Waals surface area contributed by atoms with Crippen molar-refractivity contribution in [3.8, 4) is 0 Å². The molecule has 12 atom stereocenters. The molecule has 5 saturated heterocycles. The molecule has 3 amide bonds. The molecule has 0 saturated carbocycles. The summed E-state index contributed by atoms with van der Waals surface area (Å²) in [4.78, 5) is 157. The van der Waals surface area contributed by atoms with Gasteiger partial charge >= 0.3 is 5.97 Å².